The van der Waals surface area contributed by atoms with Crippen molar-refractivity contribution in [3.8, 4) is 17.2 Å². The van der Waals surface area contributed by atoms with Crippen molar-refractivity contribution in [1.29, 1.82) is 0 Å². The van der Waals surface area contributed by atoms with E-state index in [9.17, 15) is 9.59 Å². The zero-order valence-electron chi connectivity index (χ0n) is 17.0. The number of carbonyl (C=O) groups is 2. The van der Waals surface area contributed by atoms with Crippen LogP contribution in [0.25, 0.3) is 0 Å². The molecule has 0 saturated heterocycles. The normalized spacial score (nSPS) is 10.5. The number of methoxy groups -OCH3 is 2. The fourth-order valence-corrected chi connectivity index (χ4v) is 2.60. The number of nitrogens with zero attached hydrogens (tertiary/aromatic N) is 1. The quantitative estimate of drug-likeness (QED) is 0.443. The van der Waals surface area contributed by atoms with Gasteiger partial charge in [0, 0.05) is 16.1 Å². The van der Waals surface area contributed by atoms with Crippen LogP contribution in [0.4, 0.5) is 0 Å². The molecule has 0 aliphatic rings. The fourth-order valence-electron chi connectivity index (χ4n) is 2.42. The topological polar surface area (TPSA) is 98.2 Å². The molecular formula is C21H24ClN3O5. The molecule has 9 heteroatoms. The molecule has 0 bridgehead atoms. The Morgan fingerprint density at radius 3 is 2.50 bits per heavy atom. The summed E-state index contributed by atoms with van der Waals surface area (Å²) in [6.07, 6.45) is 2.29. The number of carbonyl (C=O) groups excluding carboxylic acids is 2. The van der Waals surface area contributed by atoms with E-state index in [4.69, 9.17) is 25.8 Å². The molecule has 2 rings (SSSR count). The molecule has 0 spiro atoms. The number of halogens is 1. The standard InChI is InChI=1S/C21H24ClN3O5/c1-4-9-30-17-8-6-16(22)10-15(17)12-24-25-20(26)13-23-21(27)14-5-7-18(28-2)19(11-14)29-3/h5-8,10-12H,4,9,13H2,1-3H3,(H,23,27)(H,25,26)/b24-12-. The van der Waals surface area contributed by atoms with Crippen LogP contribution in [0.2, 0.25) is 5.02 Å². The predicted octanol–water partition coefficient (Wildman–Crippen LogP) is 3.03. The lowest BCUT2D eigenvalue weighted by Crippen LogP contribution is -2.34. The van der Waals surface area contributed by atoms with Crippen LogP contribution in [0.3, 0.4) is 0 Å². The van der Waals surface area contributed by atoms with Crippen molar-refractivity contribution in [3.05, 3.63) is 52.5 Å². The van der Waals surface area contributed by atoms with E-state index in [0.717, 1.165) is 6.42 Å². The van der Waals surface area contributed by atoms with Crippen molar-refractivity contribution in [2.75, 3.05) is 27.4 Å². The van der Waals surface area contributed by atoms with Gasteiger partial charge in [0.25, 0.3) is 11.8 Å². The van der Waals surface area contributed by atoms with Crippen molar-refractivity contribution in [2.45, 2.75) is 13.3 Å². The van der Waals surface area contributed by atoms with E-state index >= 15 is 0 Å². The molecular weight excluding hydrogens is 410 g/mol. The van der Waals surface area contributed by atoms with Crippen molar-refractivity contribution in [3.63, 3.8) is 0 Å². The molecule has 0 saturated carbocycles. The van der Waals surface area contributed by atoms with Crippen LogP contribution >= 0.6 is 11.6 Å². The van der Waals surface area contributed by atoms with Gasteiger partial charge in [-0.3, -0.25) is 9.59 Å². The molecule has 0 heterocycles. The van der Waals surface area contributed by atoms with Crippen LogP contribution in [-0.2, 0) is 4.79 Å². The van der Waals surface area contributed by atoms with E-state index < -0.39 is 11.8 Å². The second-order valence-electron chi connectivity index (χ2n) is 6.08. The first-order valence-corrected chi connectivity index (χ1v) is 9.60. The Morgan fingerprint density at radius 1 is 1.07 bits per heavy atom. The second kappa shape index (κ2) is 11.7. The van der Waals surface area contributed by atoms with Crippen LogP contribution in [-0.4, -0.2) is 45.4 Å². The van der Waals surface area contributed by atoms with E-state index in [-0.39, 0.29) is 6.54 Å². The summed E-state index contributed by atoms with van der Waals surface area (Å²) in [6, 6.07) is 9.85. The highest BCUT2D eigenvalue weighted by molar-refractivity contribution is 6.30. The highest BCUT2D eigenvalue weighted by Crippen LogP contribution is 2.27. The molecule has 2 amide bonds. The van der Waals surface area contributed by atoms with Crippen molar-refractivity contribution in [2.24, 2.45) is 5.10 Å². The van der Waals surface area contributed by atoms with Gasteiger partial charge in [-0.1, -0.05) is 18.5 Å². The van der Waals surface area contributed by atoms with Gasteiger partial charge in [-0.15, -0.1) is 0 Å². The lowest BCUT2D eigenvalue weighted by Gasteiger charge is -2.10. The van der Waals surface area contributed by atoms with Crippen LogP contribution in [0.15, 0.2) is 41.5 Å². The Balaban J connectivity index is 1.91. The highest BCUT2D eigenvalue weighted by Gasteiger charge is 2.12. The van der Waals surface area contributed by atoms with Gasteiger partial charge in [-0.2, -0.15) is 5.10 Å². The first-order chi connectivity index (χ1) is 14.5. The number of benzene rings is 2. The lowest BCUT2D eigenvalue weighted by atomic mass is 10.2. The van der Waals surface area contributed by atoms with Gasteiger partial charge in [0.2, 0.25) is 0 Å². The molecule has 0 unspecified atom stereocenters. The third-order valence-electron chi connectivity index (χ3n) is 3.88. The van der Waals surface area contributed by atoms with Crippen molar-refractivity contribution >= 4 is 29.6 Å². The third kappa shape index (κ3) is 6.66. The lowest BCUT2D eigenvalue weighted by molar-refractivity contribution is -0.120. The number of rotatable bonds is 10. The Morgan fingerprint density at radius 2 is 1.80 bits per heavy atom. The first kappa shape index (κ1) is 23.0. The summed E-state index contributed by atoms with van der Waals surface area (Å²) in [4.78, 5) is 24.2. The minimum absolute atomic E-state index is 0.251. The summed E-state index contributed by atoms with van der Waals surface area (Å²) in [7, 11) is 2.98. The average molecular weight is 434 g/mol. The Hall–Kier alpha value is -3.26. The number of nitrogens with one attached hydrogen (secondary N) is 2. The summed E-state index contributed by atoms with van der Waals surface area (Å²) in [5, 5.41) is 6.94. The number of hydrazone groups is 1. The first-order valence-electron chi connectivity index (χ1n) is 9.23. The van der Waals surface area contributed by atoms with E-state index in [0.29, 0.717) is 40.0 Å². The van der Waals surface area contributed by atoms with Gasteiger partial charge in [-0.05, 0) is 42.8 Å². The van der Waals surface area contributed by atoms with Gasteiger partial charge in [0.1, 0.15) is 5.75 Å². The Kier molecular flexibility index (Phi) is 8.96. The largest absolute Gasteiger partial charge is 0.493 e. The average Bonchev–Trinajstić information content (AvgIpc) is 2.76. The number of hydrogen-bond donors (Lipinski definition) is 2. The van der Waals surface area contributed by atoms with Crippen molar-refractivity contribution < 1.29 is 23.8 Å². The summed E-state index contributed by atoms with van der Waals surface area (Å²) in [5.74, 6) is 0.616. The predicted molar refractivity (Wildman–Crippen MR) is 115 cm³/mol. The molecule has 0 atom stereocenters. The SMILES string of the molecule is CCCOc1ccc(Cl)cc1/C=N\NC(=O)CNC(=O)c1ccc(OC)c(OC)c1. The summed E-state index contributed by atoms with van der Waals surface area (Å²) in [5.41, 5.74) is 3.32. The number of amides is 2. The maximum atomic E-state index is 12.2. The van der Waals surface area contributed by atoms with E-state index in [1.807, 2.05) is 6.92 Å². The van der Waals surface area contributed by atoms with E-state index in [1.54, 1.807) is 30.3 Å². The smallest absolute Gasteiger partial charge is 0.259 e. The number of ether oxygens (including phenoxy) is 3. The fraction of sp³-hybridized carbons (Fsp3) is 0.286. The van der Waals surface area contributed by atoms with E-state index in [2.05, 4.69) is 15.8 Å². The monoisotopic (exact) mass is 433 g/mol. The molecule has 160 valence electrons. The molecule has 2 aromatic rings. The maximum Gasteiger partial charge on any atom is 0.259 e. The van der Waals surface area contributed by atoms with Crippen LogP contribution in [0.5, 0.6) is 17.2 Å². The summed E-state index contributed by atoms with van der Waals surface area (Å²) >= 11 is 6.01. The minimum Gasteiger partial charge on any atom is -0.493 e. The Bertz CT molecular complexity index is 918. The molecule has 0 fully saturated rings. The van der Waals surface area contributed by atoms with E-state index in [1.165, 1.54) is 26.5 Å². The highest BCUT2D eigenvalue weighted by atomic mass is 35.5. The van der Waals surface area contributed by atoms with Gasteiger partial charge >= 0.3 is 0 Å². The van der Waals surface area contributed by atoms with Crippen LogP contribution in [0.1, 0.15) is 29.3 Å². The minimum atomic E-state index is -0.488. The third-order valence-corrected chi connectivity index (χ3v) is 4.12. The second-order valence-corrected chi connectivity index (χ2v) is 6.51. The van der Waals surface area contributed by atoms with Gasteiger partial charge in [0.15, 0.2) is 11.5 Å². The molecule has 2 N–H and O–H groups in total. The zero-order chi connectivity index (χ0) is 21.9. The molecule has 8 nitrogen and oxygen atoms in total. The van der Waals surface area contributed by atoms with Crippen molar-refractivity contribution in [1.82, 2.24) is 10.7 Å². The van der Waals surface area contributed by atoms with Gasteiger partial charge < -0.3 is 19.5 Å². The molecule has 30 heavy (non-hydrogen) atoms. The summed E-state index contributed by atoms with van der Waals surface area (Å²) in [6.45, 7) is 2.30. The Labute approximate surface area is 180 Å². The maximum absolute atomic E-state index is 12.2. The molecule has 0 radical (unpaired) electrons. The van der Waals surface area contributed by atoms with Gasteiger partial charge in [0.05, 0.1) is 33.6 Å². The molecule has 0 aliphatic heterocycles. The van der Waals surface area contributed by atoms with Crippen LogP contribution < -0.4 is 25.0 Å². The summed E-state index contributed by atoms with van der Waals surface area (Å²) < 4.78 is 15.9. The molecule has 0 aromatic heterocycles. The molecule has 0 aliphatic carbocycles. The zero-order valence-corrected chi connectivity index (χ0v) is 17.8. The molecule has 2 aromatic carbocycles. The number of hydrogen-bond acceptors (Lipinski definition) is 6. The van der Waals surface area contributed by atoms with Gasteiger partial charge in [-0.25, -0.2) is 5.43 Å². The van der Waals surface area contributed by atoms with Crippen LogP contribution in [0, 0.1) is 0 Å².